The predicted molar refractivity (Wildman–Crippen MR) is 94.9 cm³/mol. The standard InChI is InChI=1S/C17H26N4O3S/c1-21(2)25(23,24)15-9-4-3-6-12(15)10-18-17(22)14-8-5-7-13-11-19-20-16(13)14/h3-4,6,9,13-14,16,19-20H,5,7-8,10-11H2,1-2H3,(H,18,22). The van der Waals surface area contributed by atoms with Crippen molar-refractivity contribution in [3.8, 4) is 0 Å². The van der Waals surface area contributed by atoms with Gasteiger partial charge in [0.1, 0.15) is 0 Å². The van der Waals surface area contributed by atoms with Gasteiger partial charge in [-0.25, -0.2) is 12.7 Å². The Hall–Kier alpha value is -1.48. The van der Waals surface area contributed by atoms with Crippen LogP contribution in [-0.2, 0) is 21.4 Å². The summed E-state index contributed by atoms with van der Waals surface area (Å²) in [5.74, 6) is 0.403. The van der Waals surface area contributed by atoms with Crippen molar-refractivity contribution in [2.24, 2.45) is 11.8 Å². The van der Waals surface area contributed by atoms with Crippen molar-refractivity contribution in [2.75, 3.05) is 20.6 Å². The topological polar surface area (TPSA) is 90.5 Å². The minimum absolute atomic E-state index is 0.0112. The molecule has 3 rings (SSSR count). The number of hydrogen-bond acceptors (Lipinski definition) is 5. The van der Waals surface area contributed by atoms with Gasteiger partial charge in [0.15, 0.2) is 0 Å². The largest absolute Gasteiger partial charge is 0.352 e. The number of carbonyl (C=O) groups excluding carboxylic acids is 1. The molecule has 0 aromatic heterocycles. The van der Waals surface area contributed by atoms with Crippen molar-refractivity contribution in [3.63, 3.8) is 0 Å². The molecule has 1 heterocycles. The number of carbonyl (C=O) groups is 1. The molecule has 3 atom stereocenters. The number of fused-ring (bicyclic) bond motifs is 1. The minimum Gasteiger partial charge on any atom is -0.352 e. The Morgan fingerprint density at radius 3 is 2.80 bits per heavy atom. The van der Waals surface area contributed by atoms with E-state index >= 15 is 0 Å². The van der Waals surface area contributed by atoms with Crippen molar-refractivity contribution in [2.45, 2.75) is 36.7 Å². The molecule has 2 aliphatic rings. The van der Waals surface area contributed by atoms with Crippen LogP contribution in [0, 0.1) is 11.8 Å². The second-order valence-corrected chi connectivity index (χ2v) is 9.08. The summed E-state index contributed by atoms with van der Waals surface area (Å²) in [7, 11) is -0.524. The van der Waals surface area contributed by atoms with Crippen LogP contribution in [0.5, 0.6) is 0 Å². The molecule has 1 saturated heterocycles. The van der Waals surface area contributed by atoms with Crippen LogP contribution in [0.15, 0.2) is 29.2 Å². The zero-order chi connectivity index (χ0) is 18.0. The molecule has 1 aromatic carbocycles. The first-order chi connectivity index (χ1) is 11.9. The molecule has 0 radical (unpaired) electrons. The summed E-state index contributed by atoms with van der Waals surface area (Å²) in [5, 5.41) is 2.94. The predicted octanol–water partition coefficient (Wildman–Crippen LogP) is 0.446. The lowest BCUT2D eigenvalue weighted by Crippen LogP contribution is -2.47. The second-order valence-electron chi connectivity index (χ2n) is 6.96. The van der Waals surface area contributed by atoms with Crippen LogP contribution < -0.4 is 16.2 Å². The van der Waals surface area contributed by atoms with Gasteiger partial charge in [0.05, 0.1) is 10.8 Å². The van der Waals surface area contributed by atoms with Gasteiger partial charge in [-0.05, 0) is 30.4 Å². The van der Waals surface area contributed by atoms with Crippen molar-refractivity contribution >= 4 is 15.9 Å². The number of hydrogen-bond donors (Lipinski definition) is 3. The summed E-state index contributed by atoms with van der Waals surface area (Å²) in [5.41, 5.74) is 6.98. The lowest BCUT2D eigenvalue weighted by atomic mass is 9.77. The Kier molecular flexibility index (Phi) is 5.43. The molecule has 1 aliphatic heterocycles. The molecule has 1 amide bonds. The number of nitrogens with one attached hydrogen (secondary N) is 3. The van der Waals surface area contributed by atoms with Gasteiger partial charge >= 0.3 is 0 Å². The van der Waals surface area contributed by atoms with Gasteiger partial charge in [0, 0.05) is 33.2 Å². The second kappa shape index (κ2) is 7.41. The molecule has 3 unspecified atom stereocenters. The highest BCUT2D eigenvalue weighted by atomic mass is 32.2. The fraction of sp³-hybridized carbons (Fsp3) is 0.588. The average molecular weight is 366 g/mol. The highest BCUT2D eigenvalue weighted by Gasteiger charge is 2.40. The zero-order valence-corrected chi connectivity index (χ0v) is 15.5. The smallest absolute Gasteiger partial charge is 0.242 e. The van der Waals surface area contributed by atoms with Gasteiger partial charge < -0.3 is 5.32 Å². The quantitative estimate of drug-likeness (QED) is 0.704. The summed E-state index contributed by atoms with van der Waals surface area (Å²) < 4.78 is 26.1. The monoisotopic (exact) mass is 366 g/mol. The summed E-state index contributed by atoms with van der Waals surface area (Å²) in [6, 6.07) is 6.97. The van der Waals surface area contributed by atoms with Gasteiger partial charge in [-0.15, -0.1) is 0 Å². The maximum absolute atomic E-state index is 12.7. The van der Waals surface area contributed by atoms with Crippen molar-refractivity contribution in [1.29, 1.82) is 0 Å². The minimum atomic E-state index is -3.53. The normalized spacial score (nSPS) is 26.4. The third-order valence-corrected chi connectivity index (χ3v) is 7.10. The number of sulfonamides is 1. The van der Waals surface area contributed by atoms with E-state index in [4.69, 9.17) is 0 Å². The summed E-state index contributed by atoms with van der Waals surface area (Å²) in [4.78, 5) is 12.9. The third-order valence-electron chi connectivity index (χ3n) is 5.19. The SMILES string of the molecule is CN(C)S(=O)(=O)c1ccccc1CNC(=O)C1CCCC2CNNC21. The van der Waals surface area contributed by atoms with E-state index in [0.29, 0.717) is 11.5 Å². The fourth-order valence-electron chi connectivity index (χ4n) is 3.75. The molecular weight excluding hydrogens is 340 g/mol. The first-order valence-corrected chi connectivity index (χ1v) is 10.1. The average Bonchev–Trinajstić information content (AvgIpc) is 3.08. The summed E-state index contributed by atoms with van der Waals surface area (Å²) in [6.07, 6.45) is 3.05. The van der Waals surface area contributed by atoms with Crippen molar-refractivity contribution < 1.29 is 13.2 Å². The van der Waals surface area contributed by atoms with E-state index in [-0.39, 0.29) is 29.3 Å². The molecule has 2 fully saturated rings. The van der Waals surface area contributed by atoms with Crippen LogP contribution in [0.3, 0.4) is 0 Å². The molecule has 0 spiro atoms. The third kappa shape index (κ3) is 3.72. The van der Waals surface area contributed by atoms with Crippen LogP contribution in [0.25, 0.3) is 0 Å². The summed E-state index contributed by atoms with van der Waals surface area (Å²) in [6.45, 7) is 1.11. The van der Waals surface area contributed by atoms with E-state index in [0.717, 1.165) is 25.8 Å². The van der Waals surface area contributed by atoms with Crippen LogP contribution in [0.4, 0.5) is 0 Å². The maximum atomic E-state index is 12.7. The number of amides is 1. The fourth-order valence-corrected chi connectivity index (χ4v) is 4.86. The molecule has 8 heteroatoms. The summed E-state index contributed by atoms with van der Waals surface area (Å²) >= 11 is 0. The Balaban J connectivity index is 1.71. The lowest BCUT2D eigenvalue weighted by molar-refractivity contribution is -0.127. The van der Waals surface area contributed by atoms with E-state index in [1.807, 2.05) is 0 Å². The van der Waals surface area contributed by atoms with E-state index in [2.05, 4.69) is 16.2 Å². The van der Waals surface area contributed by atoms with Crippen molar-refractivity contribution in [3.05, 3.63) is 29.8 Å². The highest BCUT2D eigenvalue weighted by molar-refractivity contribution is 7.89. The Morgan fingerprint density at radius 2 is 2.04 bits per heavy atom. The highest BCUT2D eigenvalue weighted by Crippen LogP contribution is 2.31. The number of benzene rings is 1. The van der Waals surface area contributed by atoms with Crippen LogP contribution in [0.1, 0.15) is 24.8 Å². The molecule has 1 aliphatic carbocycles. The van der Waals surface area contributed by atoms with E-state index in [9.17, 15) is 13.2 Å². The van der Waals surface area contributed by atoms with Gasteiger partial charge in [0.2, 0.25) is 15.9 Å². The zero-order valence-electron chi connectivity index (χ0n) is 14.7. The van der Waals surface area contributed by atoms with Crippen molar-refractivity contribution in [1.82, 2.24) is 20.5 Å². The molecule has 7 nitrogen and oxygen atoms in total. The van der Waals surface area contributed by atoms with Gasteiger partial charge in [0.25, 0.3) is 0 Å². The van der Waals surface area contributed by atoms with Crippen LogP contribution in [0.2, 0.25) is 0 Å². The molecule has 3 N–H and O–H groups in total. The number of nitrogens with zero attached hydrogens (tertiary/aromatic N) is 1. The number of rotatable bonds is 5. The number of hydrazine groups is 1. The van der Waals surface area contributed by atoms with E-state index in [1.54, 1.807) is 24.3 Å². The van der Waals surface area contributed by atoms with Gasteiger partial charge in [-0.3, -0.25) is 15.6 Å². The van der Waals surface area contributed by atoms with Crippen LogP contribution >= 0.6 is 0 Å². The van der Waals surface area contributed by atoms with Gasteiger partial charge in [-0.2, -0.15) is 0 Å². The molecule has 1 saturated carbocycles. The molecule has 138 valence electrons. The molecule has 0 bridgehead atoms. The molecule has 25 heavy (non-hydrogen) atoms. The Morgan fingerprint density at radius 1 is 1.28 bits per heavy atom. The van der Waals surface area contributed by atoms with Crippen LogP contribution in [-0.4, -0.2) is 45.3 Å². The van der Waals surface area contributed by atoms with Gasteiger partial charge in [-0.1, -0.05) is 24.6 Å². The van der Waals surface area contributed by atoms with E-state index in [1.165, 1.54) is 18.4 Å². The Bertz CT molecular complexity index is 735. The maximum Gasteiger partial charge on any atom is 0.242 e. The molecule has 1 aromatic rings. The molecular formula is C17H26N4O3S. The Labute approximate surface area is 149 Å². The first kappa shape index (κ1) is 18.3. The first-order valence-electron chi connectivity index (χ1n) is 8.68. The lowest BCUT2D eigenvalue weighted by Gasteiger charge is -2.31. The van der Waals surface area contributed by atoms with E-state index < -0.39 is 10.0 Å².